The maximum Gasteiger partial charge on any atom is 0.240 e. The number of nitrogens with one attached hydrogen (secondary N) is 2. The molecular formula is C18H18ClN3O4. The molecule has 0 saturated carbocycles. The van der Waals surface area contributed by atoms with E-state index in [-0.39, 0.29) is 30.2 Å². The van der Waals surface area contributed by atoms with E-state index in [0.717, 1.165) is 0 Å². The highest BCUT2D eigenvalue weighted by Gasteiger charge is 2.10. The van der Waals surface area contributed by atoms with Crippen LogP contribution in [0.4, 0.5) is 5.69 Å². The molecule has 2 aromatic carbocycles. The van der Waals surface area contributed by atoms with Gasteiger partial charge in [0.1, 0.15) is 11.5 Å². The van der Waals surface area contributed by atoms with Gasteiger partial charge in [-0.2, -0.15) is 5.10 Å². The Labute approximate surface area is 155 Å². The SMILES string of the molecule is CC(=NNC(=O)CCC(=O)Nc1ccccc1Cl)c1ccc(O)cc1O. The van der Waals surface area contributed by atoms with Crippen molar-refractivity contribution in [3.8, 4) is 11.5 Å². The maximum atomic E-state index is 11.9. The molecule has 0 heterocycles. The number of rotatable bonds is 6. The minimum absolute atomic E-state index is 0.0317. The van der Waals surface area contributed by atoms with Gasteiger partial charge in [-0.25, -0.2) is 5.43 Å². The summed E-state index contributed by atoms with van der Waals surface area (Å²) in [7, 11) is 0. The van der Waals surface area contributed by atoms with Gasteiger partial charge in [0.15, 0.2) is 0 Å². The zero-order chi connectivity index (χ0) is 19.1. The number of carbonyl (C=O) groups is 2. The summed E-state index contributed by atoms with van der Waals surface area (Å²) in [6, 6.07) is 10.9. The molecule has 26 heavy (non-hydrogen) atoms. The predicted octanol–water partition coefficient (Wildman–Crippen LogP) is 3.01. The van der Waals surface area contributed by atoms with Gasteiger partial charge in [0.05, 0.1) is 16.4 Å². The Bertz CT molecular complexity index is 852. The Hall–Kier alpha value is -3.06. The molecule has 136 valence electrons. The smallest absolute Gasteiger partial charge is 0.240 e. The van der Waals surface area contributed by atoms with Crippen molar-refractivity contribution in [3.63, 3.8) is 0 Å². The van der Waals surface area contributed by atoms with Gasteiger partial charge in [-0.05, 0) is 31.2 Å². The second kappa shape index (κ2) is 8.87. The minimum Gasteiger partial charge on any atom is -0.508 e. The van der Waals surface area contributed by atoms with E-state index in [1.165, 1.54) is 18.2 Å². The molecule has 7 nitrogen and oxygen atoms in total. The van der Waals surface area contributed by atoms with Crippen LogP contribution >= 0.6 is 11.6 Å². The fourth-order valence-electron chi connectivity index (χ4n) is 2.09. The number of benzene rings is 2. The highest BCUT2D eigenvalue weighted by Crippen LogP contribution is 2.23. The molecule has 4 N–H and O–H groups in total. The summed E-state index contributed by atoms with van der Waals surface area (Å²) in [4.78, 5) is 23.7. The molecule has 8 heteroatoms. The van der Waals surface area contributed by atoms with Gasteiger partial charge in [0.25, 0.3) is 0 Å². The number of hydrogen-bond acceptors (Lipinski definition) is 5. The first-order chi connectivity index (χ1) is 12.4. The molecule has 0 radical (unpaired) electrons. The Balaban J connectivity index is 1.84. The van der Waals surface area contributed by atoms with Crippen LogP contribution in [0.1, 0.15) is 25.3 Å². The Morgan fingerprint density at radius 3 is 2.46 bits per heavy atom. The van der Waals surface area contributed by atoms with Crippen LogP contribution in [0.2, 0.25) is 5.02 Å². The lowest BCUT2D eigenvalue weighted by atomic mass is 10.1. The minimum atomic E-state index is -0.447. The highest BCUT2D eigenvalue weighted by molar-refractivity contribution is 6.33. The molecule has 2 amide bonds. The number of phenolic OH excluding ortho intramolecular Hbond substituents is 2. The zero-order valence-corrected chi connectivity index (χ0v) is 14.7. The average Bonchev–Trinajstić information content (AvgIpc) is 2.60. The van der Waals surface area contributed by atoms with Crippen molar-refractivity contribution >= 4 is 34.8 Å². The predicted molar refractivity (Wildman–Crippen MR) is 99.4 cm³/mol. The summed E-state index contributed by atoms with van der Waals surface area (Å²) in [6.45, 7) is 1.59. The molecule has 0 atom stereocenters. The quantitative estimate of drug-likeness (QED) is 0.459. The number of carbonyl (C=O) groups excluding carboxylic acids is 2. The van der Waals surface area contributed by atoms with E-state index < -0.39 is 5.91 Å². The summed E-state index contributed by atoms with van der Waals surface area (Å²) in [5, 5.41) is 25.9. The Morgan fingerprint density at radius 1 is 1.08 bits per heavy atom. The van der Waals surface area contributed by atoms with Crippen molar-refractivity contribution in [2.75, 3.05) is 5.32 Å². The van der Waals surface area contributed by atoms with E-state index in [9.17, 15) is 19.8 Å². The standard InChI is InChI=1S/C18H18ClN3O4/c1-11(13-7-6-12(23)10-16(13)24)21-22-18(26)9-8-17(25)20-15-5-3-2-4-14(15)19/h2-7,10,23-24H,8-9H2,1H3,(H,20,25)(H,22,26). The summed E-state index contributed by atoms with van der Waals surface area (Å²) in [6.07, 6.45) is -0.0926. The summed E-state index contributed by atoms with van der Waals surface area (Å²) in [5.41, 5.74) is 3.54. The second-order valence-corrected chi connectivity index (χ2v) is 5.87. The Morgan fingerprint density at radius 2 is 1.77 bits per heavy atom. The second-order valence-electron chi connectivity index (χ2n) is 5.46. The van der Waals surface area contributed by atoms with Crippen LogP contribution in [0.3, 0.4) is 0 Å². The van der Waals surface area contributed by atoms with Crippen LogP contribution in [-0.4, -0.2) is 27.7 Å². The molecule has 0 unspecified atom stereocenters. The molecule has 0 fully saturated rings. The average molecular weight is 376 g/mol. The fourth-order valence-corrected chi connectivity index (χ4v) is 2.27. The van der Waals surface area contributed by atoms with E-state index in [2.05, 4.69) is 15.8 Å². The number of amides is 2. The molecule has 2 rings (SSSR count). The number of phenols is 2. The van der Waals surface area contributed by atoms with Crippen molar-refractivity contribution in [1.82, 2.24) is 5.43 Å². The van der Waals surface area contributed by atoms with Crippen molar-refractivity contribution in [2.45, 2.75) is 19.8 Å². The molecule has 0 aliphatic heterocycles. The number of hydrazone groups is 1. The van der Waals surface area contributed by atoms with Crippen molar-refractivity contribution in [2.24, 2.45) is 5.10 Å². The van der Waals surface area contributed by atoms with Gasteiger partial charge in [0.2, 0.25) is 11.8 Å². The molecular weight excluding hydrogens is 358 g/mol. The molecule has 0 aliphatic rings. The molecule has 0 aliphatic carbocycles. The lowest BCUT2D eigenvalue weighted by Crippen LogP contribution is -2.21. The monoisotopic (exact) mass is 375 g/mol. The highest BCUT2D eigenvalue weighted by atomic mass is 35.5. The summed E-state index contributed by atoms with van der Waals surface area (Å²) < 4.78 is 0. The number of anilines is 1. The van der Waals surface area contributed by atoms with Gasteiger partial charge in [0, 0.05) is 24.5 Å². The van der Waals surface area contributed by atoms with Gasteiger partial charge < -0.3 is 15.5 Å². The van der Waals surface area contributed by atoms with Crippen molar-refractivity contribution in [3.05, 3.63) is 53.1 Å². The number of para-hydroxylation sites is 1. The maximum absolute atomic E-state index is 11.9. The lowest BCUT2D eigenvalue weighted by Gasteiger charge is -2.07. The van der Waals surface area contributed by atoms with Crippen LogP contribution < -0.4 is 10.7 Å². The lowest BCUT2D eigenvalue weighted by molar-refractivity contribution is -0.124. The number of nitrogens with zero attached hydrogens (tertiary/aromatic N) is 1. The zero-order valence-electron chi connectivity index (χ0n) is 14.0. The number of hydrogen-bond donors (Lipinski definition) is 4. The topological polar surface area (TPSA) is 111 Å². The largest absolute Gasteiger partial charge is 0.508 e. The molecule has 0 aromatic heterocycles. The van der Waals surface area contributed by atoms with Crippen molar-refractivity contribution in [1.29, 1.82) is 0 Å². The normalized spacial score (nSPS) is 11.1. The summed E-state index contributed by atoms with van der Waals surface area (Å²) >= 11 is 5.95. The van der Waals surface area contributed by atoms with Crippen molar-refractivity contribution < 1.29 is 19.8 Å². The molecule has 0 saturated heterocycles. The van der Waals surface area contributed by atoms with Gasteiger partial charge in [-0.15, -0.1) is 0 Å². The van der Waals surface area contributed by atoms with Crippen LogP contribution in [0.25, 0.3) is 0 Å². The first-order valence-corrected chi connectivity index (χ1v) is 8.14. The fraction of sp³-hybridized carbons (Fsp3) is 0.167. The first-order valence-electron chi connectivity index (χ1n) is 7.76. The number of halogens is 1. The van der Waals surface area contributed by atoms with Gasteiger partial charge >= 0.3 is 0 Å². The Kier molecular flexibility index (Phi) is 6.57. The van der Waals surface area contributed by atoms with Gasteiger partial charge in [-0.1, -0.05) is 23.7 Å². The molecule has 0 bridgehead atoms. The van der Waals surface area contributed by atoms with Crippen LogP contribution in [0.5, 0.6) is 11.5 Å². The van der Waals surface area contributed by atoms with Crippen LogP contribution in [0, 0.1) is 0 Å². The first kappa shape index (κ1) is 19.3. The number of aromatic hydroxyl groups is 2. The van der Waals surface area contributed by atoms with Crippen LogP contribution in [-0.2, 0) is 9.59 Å². The van der Waals surface area contributed by atoms with E-state index >= 15 is 0 Å². The third kappa shape index (κ3) is 5.49. The molecule has 2 aromatic rings. The van der Waals surface area contributed by atoms with E-state index in [1.54, 1.807) is 31.2 Å². The van der Waals surface area contributed by atoms with Crippen LogP contribution in [0.15, 0.2) is 47.6 Å². The summed E-state index contributed by atoms with van der Waals surface area (Å²) in [5.74, 6) is -1.02. The molecule has 0 spiro atoms. The van der Waals surface area contributed by atoms with E-state index in [0.29, 0.717) is 22.0 Å². The van der Waals surface area contributed by atoms with E-state index in [1.807, 2.05) is 0 Å². The van der Waals surface area contributed by atoms with Gasteiger partial charge in [-0.3, -0.25) is 9.59 Å². The van der Waals surface area contributed by atoms with E-state index in [4.69, 9.17) is 11.6 Å². The third-order valence-electron chi connectivity index (χ3n) is 3.45. The third-order valence-corrected chi connectivity index (χ3v) is 3.78.